The van der Waals surface area contributed by atoms with Gasteiger partial charge in [-0.15, -0.1) is 0 Å². The number of pyridine rings is 1. The molecule has 0 bridgehead atoms. The lowest BCUT2D eigenvalue weighted by atomic mass is 9.91. The summed E-state index contributed by atoms with van der Waals surface area (Å²) < 4.78 is 7.00. The zero-order valence-corrected chi connectivity index (χ0v) is 20.0. The highest BCUT2D eigenvalue weighted by atomic mass is 16.6. The number of likely N-dealkylation sites (N-methyl/N-ethyl adjacent to an activating group) is 1. The monoisotopic (exact) mass is 506 g/mol. The van der Waals surface area contributed by atoms with E-state index in [1.54, 1.807) is 29.4 Å². The number of anilines is 1. The average molecular weight is 507 g/mol. The molecule has 4 heterocycles. The first kappa shape index (κ1) is 24.6. The molecule has 1 saturated carbocycles. The van der Waals surface area contributed by atoms with Gasteiger partial charge in [0.2, 0.25) is 5.82 Å². The molecule has 3 aromatic heterocycles. The lowest BCUT2D eigenvalue weighted by molar-refractivity contribution is -0.137. The Kier molecular flexibility index (Phi) is 6.70. The molecule has 0 aromatic carbocycles. The normalized spacial score (nSPS) is 23.2. The molecule has 1 aliphatic heterocycles. The topological polar surface area (TPSA) is 182 Å². The van der Waals surface area contributed by atoms with Gasteiger partial charge in [0, 0.05) is 31.0 Å². The van der Waals surface area contributed by atoms with Crippen LogP contribution in [0.4, 0.5) is 5.82 Å². The summed E-state index contributed by atoms with van der Waals surface area (Å²) in [5.41, 5.74) is 7.09. The molecular weight excluding hydrogens is 480 g/mol. The Labute approximate surface area is 211 Å². The molecule has 2 amide bonds. The second kappa shape index (κ2) is 10.1. The van der Waals surface area contributed by atoms with Crippen LogP contribution in [0, 0.1) is 11.8 Å². The summed E-state index contributed by atoms with van der Waals surface area (Å²) in [4.78, 5) is 43.6. The van der Waals surface area contributed by atoms with E-state index in [0.717, 1.165) is 19.3 Å². The number of hydrogen-bond donors (Lipinski definition) is 4. The fourth-order valence-electron chi connectivity index (χ4n) is 4.36. The number of aliphatic hydroxyl groups is 2. The molecular formula is C24H26N8O5. The third kappa shape index (κ3) is 4.57. The van der Waals surface area contributed by atoms with Gasteiger partial charge in [-0.25, -0.2) is 15.0 Å². The van der Waals surface area contributed by atoms with Crippen molar-refractivity contribution in [2.24, 2.45) is 0 Å². The number of carbonyl (C=O) groups excluding carboxylic acids is 2. The van der Waals surface area contributed by atoms with Crippen LogP contribution in [-0.4, -0.2) is 89.4 Å². The quantitative estimate of drug-likeness (QED) is 0.320. The van der Waals surface area contributed by atoms with E-state index < -0.39 is 30.4 Å². The minimum Gasteiger partial charge on any atom is -0.387 e. The fourth-order valence-corrected chi connectivity index (χ4v) is 4.36. The van der Waals surface area contributed by atoms with E-state index in [2.05, 4.69) is 37.1 Å². The van der Waals surface area contributed by atoms with Crippen LogP contribution in [0.3, 0.4) is 0 Å². The van der Waals surface area contributed by atoms with Gasteiger partial charge in [-0.3, -0.25) is 19.1 Å². The number of imidazole rings is 1. The summed E-state index contributed by atoms with van der Waals surface area (Å²) in [5.74, 6) is 5.30. The SMILES string of the molecule is CNC(=O)[C@H]1O[C@@H](n2cnc3c(N)nc(C#CCN(C(=O)c4ccncc4)C4CCC4)nc32)C(O)[C@@H]1O. The standard InChI is InChI=1S/C24H26N8O5/c1-26-22(35)19-17(33)18(34)24(37-19)32-12-28-16-20(25)29-15(30-21(16)32)6-3-11-31(14-4-2-5-14)23(36)13-7-9-27-10-8-13/h7-10,12,14,17-19,24,33-34H,2,4-5,11H2,1H3,(H,26,35)(H2,25,29,30)/t17-,18?,19-,24+/m0/s1. The predicted molar refractivity (Wildman–Crippen MR) is 130 cm³/mol. The second-order valence-electron chi connectivity index (χ2n) is 8.85. The molecule has 1 aliphatic carbocycles. The summed E-state index contributed by atoms with van der Waals surface area (Å²) in [7, 11) is 1.40. The molecule has 1 unspecified atom stereocenters. The average Bonchev–Trinajstić information content (AvgIpc) is 3.43. The van der Waals surface area contributed by atoms with Crippen LogP contribution in [0.5, 0.6) is 0 Å². The van der Waals surface area contributed by atoms with E-state index in [9.17, 15) is 19.8 Å². The Bertz CT molecular complexity index is 1380. The van der Waals surface area contributed by atoms with Crippen LogP contribution in [-0.2, 0) is 9.53 Å². The van der Waals surface area contributed by atoms with Crippen LogP contribution >= 0.6 is 0 Å². The maximum Gasteiger partial charge on any atom is 0.255 e. The molecule has 13 nitrogen and oxygen atoms in total. The van der Waals surface area contributed by atoms with Crippen LogP contribution in [0.15, 0.2) is 30.9 Å². The molecule has 5 N–H and O–H groups in total. The molecule has 3 aromatic rings. The summed E-state index contributed by atoms with van der Waals surface area (Å²) in [6.45, 7) is 0.177. The highest BCUT2D eigenvalue weighted by molar-refractivity contribution is 5.94. The molecule has 0 spiro atoms. The van der Waals surface area contributed by atoms with Gasteiger partial charge in [0.1, 0.15) is 17.7 Å². The van der Waals surface area contributed by atoms with Crippen molar-refractivity contribution in [3.63, 3.8) is 0 Å². The van der Waals surface area contributed by atoms with Gasteiger partial charge in [-0.05, 0) is 37.3 Å². The molecule has 4 atom stereocenters. The van der Waals surface area contributed by atoms with Crippen molar-refractivity contribution in [3.8, 4) is 11.8 Å². The first-order chi connectivity index (χ1) is 17.9. The largest absolute Gasteiger partial charge is 0.387 e. The highest BCUT2D eigenvalue weighted by Gasteiger charge is 2.47. The molecule has 2 fully saturated rings. The number of aliphatic hydroxyl groups excluding tert-OH is 2. The van der Waals surface area contributed by atoms with Gasteiger partial charge in [0.15, 0.2) is 23.8 Å². The summed E-state index contributed by atoms with van der Waals surface area (Å²) in [5, 5.41) is 23.2. The zero-order valence-electron chi connectivity index (χ0n) is 20.0. The molecule has 2 aliphatic rings. The number of amides is 2. The lowest BCUT2D eigenvalue weighted by Gasteiger charge is -2.36. The molecule has 192 valence electrons. The molecule has 37 heavy (non-hydrogen) atoms. The summed E-state index contributed by atoms with van der Waals surface area (Å²) >= 11 is 0. The molecule has 13 heteroatoms. The van der Waals surface area contributed by atoms with Gasteiger partial charge in [0.25, 0.3) is 11.8 Å². The van der Waals surface area contributed by atoms with E-state index in [-0.39, 0.29) is 41.3 Å². The van der Waals surface area contributed by atoms with Crippen molar-refractivity contribution < 1.29 is 24.5 Å². The van der Waals surface area contributed by atoms with E-state index in [4.69, 9.17) is 10.5 Å². The van der Waals surface area contributed by atoms with Crippen LogP contribution in [0.1, 0.15) is 41.7 Å². The van der Waals surface area contributed by atoms with Crippen molar-refractivity contribution in [1.82, 2.24) is 34.7 Å². The van der Waals surface area contributed by atoms with Crippen molar-refractivity contribution in [1.29, 1.82) is 0 Å². The number of nitrogens with zero attached hydrogens (tertiary/aromatic N) is 6. The number of carbonyl (C=O) groups is 2. The molecule has 1 saturated heterocycles. The minimum absolute atomic E-state index is 0.0626. The number of fused-ring (bicyclic) bond motifs is 1. The Morgan fingerprint density at radius 3 is 2.68 bits per heavy atom. The highest BCUT2D eigenvalue weighted by Crippen LogP contribution is 2.32. The number of nitrogen functional groups attached to an aromatic ring is 1. The Hall–Kier alpha value is -4.12. The Morgan fingerprint density at radius 2 is 2.00 bits per heavy atom. The second-order valence-corrected chi connectivity index (χ2v) is 8.85. The lowest BCUT2D eigenvalue weighted by Crippen LogP contribution is -2.44. The number of hydrogen-bond acceptors (Lipinski definition) is 10. The number of nitrogens with two attached hydrogens (primary N) is 1. The number of aromatic nitrogens is 5. The van der Waals surface area contributed by atoms with Gasteiger partial charge in [-0.2, -0.15) is 0 Å². The van der Waals surface area contributed by atoms with Gasteiger partial charge in [0.05, 0.1) is 12.9 Å². The molecule has 0 radical (unpaired) electrons. The Morgan fingerprint density at radius 1 is 1.24 bits per heavy atom. The van der Waals surface area contributed by atoms with Crippen LogP contribution < -0.4 is 11.1 Å². The molecule has 5 rings (SSSR count). The third-order valence-electron chi connectivity index (χ3n) is 6.62. The van der Waals surface area contributed by atoms with Crippen molar-refractivity contribution in [2.45, 2.75) is 49.8 Å². The number of ether oxygens (including phenoxy) is 1. The van der Waals surface area contributed by atoms with Crippen molar-refractivity contribution in [2.75, 3.05) is 19.3 Å². The number of nitrogens with one attached hydrogen (secondary N) is 1. The third-order valence-corrected chi connectivity index (χ3v) is 6.62. The van der Waals surface area contributed by atoms with Crippen molar-refractivity contribution >= 4 is 28.8 Å². The van der Waals surface area contributed by atoms with Gasteiger partial charge in [-0.1, -0.05) is 5.92 Å². The first-order valence-corrected chi connectivity index (χ1v) is 11.8. The van der Waals surface area contributed by atoms with Gasteiger partial charge >= 0.3 is 0 Å². The minimum atomic E-state index is -1.45. The van der Waals surface area contributed by atoms with E-state index in [1.165, 1.54) is 17.9 Å². The predicted octanol–water partition coefficient (Wildman–Crippen LogP) is -0.785. The number of rotatable bonds is 5. The van der Waals surface area contributed by atoms with E-state index >= 15 is 0 Å². The van der Waals surface area contributed by atoms with Crippen molar-refractivity contribution in [3.05, 3.63) is 42.2 Å². The summed E-state index contributed by atoms with van der Waals surface area (Å²) in [6, 6.07) is 3.46. The smallest absolute Gasteiger partial charge is 0.255 e. The summed E-state index contributed by atoms with van der Waals surface area (Å²) in [6.07, 6.45) is 2.12. The maximum absolute atomic E-state index is 13.0. The Balaban J connectivity index is 1.40. The van der Waals surface area contributed by atoms with Crippen LogP contribution in [0.25, 0.3) is 11.2 Å². The fraction of sp³-hybridized carbons (Fsp3) is 0.417. The maximum atomic E-state index is 13.0. The van der Waals surface area contributed by atoms with E-state index in [0.29, 0.717) is 5.56 Å². The van der Waals surface area contributed by atoms with Crippen LogP contribution in [0.2, 0.25) is 0 Å². The van der Waals surface area contributed by atoms with Gasteiger partial charge < -0.3 is 30.9 Å². The zero-order chi connectivity index (χ0) is 26.1. The first-order valence-electron chi connectivity index (χ1n) is 11.8. The van der Waals surface area contributed by atoms with E-state index in [1.807, 2.05) is 0 Å².